The van der Waals surface area contributed by atoms with Crippen molar-refractivity contribution in [2.45, 2.75) is 64.1 Å². The average molecular weight is 404 g/mol. The summed E-state index contributed by atoms with van der Waals surface area (Å²) in [4.78, 5) is 37.7. The molecule has 2 fully saturated rings. The number of ether oxygens (including phenoxy) is 1. The van der Waals surface area contributed by atoms with E-state index in [4.69, 9.17) is 10.5 Å². The number of amides is 2. The van der Waals surface area contributed by atoms with E-state index >= 15 is 0 Å². The van der Waals surface area contributed by atoms with Crippen LogP contribution in [0.4, 0.5) is 0 Å². The molecular weight excluding hydrogens is 374 g/mol. The highest BCUT2D eigenvalue weighted by atomic mass is 33.1. The number of hydrogen-bond donors (Lipinski definition) is 3. The summed E-state index contributed by atoms with van der Waals surface area (Å²) in [5.74, 6) is -0.0429. The first-order valence-corrected chi connectivity index (χ1v) is 11.4. The molecule has 1 aliphatic carbocycles. The summed E-state index contributed by atoms with van der Waals surface area (Å²) < 4.78 is 5.47. The fourth-order valence-corrected chi connectivity index (χ4v) is 5.36. The summed E-state index contributed by atoms with van der Waals surface area (Å²) in [5, 5.41) is 5.72. The molecule has 0 aromatic heterocycles. The van der Waals surface area contributed by atoms with Crippen molar-refractivity contribution in [1.82, 2.24) is 10.6 Å². The van der Waals surface area contributed by atoms with Gasteiger partial charge in [0.25, 0.3) is 0 Å². The standard InChI is InChI=1S/C17H29N3O4S2/c1-16(2,3)24-14(22)12-9-26-25-8-11(18)13(21)19-10-17(15(23)20-12)6-4-5-7-17/h11-12H,4-10,18H2,1-3H3,(H,19,21)(H,20,23)/t11?,12-/m1/s1. The van der Waals surface area contributed by atoms with Gasteiger partial charge in [-0.1, -0.05) is 34.4 Å². The van der Waals surface area contributed by atoms with E-state index in [2.05, 4.69) is 10.6 Å². The minimum Gasteiger partial charge on any atom is -0.458 e. The number of esters is 1. The predicted molar refractivity (Wildman–Crippen MR) is 105 cm³/mol. The van der Waals surface area contributed by atoms with Crippen LogP contribution in [-0.4, -0.2) is 53.5 Å². The lowest BCUT2D eigenvalue weighted by molar-refractivity contribution is -0.158. The molecule has 7 nitrogen and oxygen atoms in total. The Labute approximate surface area is 162 Å². The largest absolute Gasteiger partial charge is 0.458 e. The Morgan fingerprint density at radius 3 is 2.42 bits per heavy atom. The quantitative estimate of drug-likeness (QED) is 0.446. The van der Waals surface area contributed by atoms with Crippen LogP contribution in [0.2, 0.25) is 0 Å². The number of nitrogens with one attached hydrogen (secondary N) is 2. The zero-order valence-corrected chi connectivity index (χ0v) is 17.3. The number of carbonyl (C=O) groups excluding carboxylic acids is 3. The molecule has 0 bridgehead atoms. The van der Waals surface area contributed by atoms with Gasteiger partial charge in [0.1, 0.15) is 11.6 Å². The molecule has 0 aromatic rings. The van der Waals surface area contributed by atoms with E-state index in [0.717, 1.165) is 12.8 Å². The van der Waals surface area contributed by atoms with E-state index < -0.39 is 29.1 Å². The maximum atomic E-state index is 13.0. The molecule has 1 spiro atoms. The third kappa shape index (κ3) is 5.79. The second-order valence-corrected chi connectivity index (χ2v) is 10.5. The zero-order valence-electron chi connectivity index (χ0n) is 15.6. The lowest BCUT2D eigenvalue weighted by Crippen LogP contribution is -2.55. The highest BCUT2D eigenvalue weighted by molar-refractivity contribution is 8.76. The molecule has 26 heavy (non-hydrogen) atoms. The summed E-state index contributed by atoms with van der Waals surface area (Å²) in [6.45, 7) is 5.66. The van der Waals surface area contributed by atoms with Gasteiger partial charge in [0.15, 0.2) is 0 Å². The fraction of sp³-hybridized carbons (Fsp3) is 0.824. The molecule has 0 aromatic carbocycles. The van der Waals surface area contributed by atoms with Crippen molar-refractivity contribution in [3.63, 3.8) is 0 Å². The van der Waals surface area contributed by atoms with Gasteiger partial charge in [-0.05, 0) is 33.6 Å². The molecule has 4 N–H and O–H groups in total. The summed E-state index contributed by atoms with van der Waals surface area (Å²) in [7, 11) is 2.83. The van der Waals surface area contributed by atoms with Gasteiger partial charge in [0, 0.05) is 18.1 Å². The number of carbonyl (C=O) groups is 3. The fourth-order valence-electron chi connectivity index (χ4n) is 3.09. The predicted octanol–water partition coefficient (Wildman–Crippen LogP) is 1.21. The second kappa shape index (κ2) is 8.84. The van der Waals surface area contributed by atoms with E-state index in [1.807, 2.05) is 0 Å². The molecule has 1 saturated heterocycles. The lowest BCUT2D eigenvalue weighted by Gasteiger charge is -2.32. The van der Waals surface area contributed by atoms with Crippen molar-refractivity contribution in [3.05, 3.63) is 0 Å². The van der Waals surface area contributed by atoms with Crippen molar-refractivity contribution in [3.8, 4) is 0 Å². The Balaban J connectivity index is 2.18. The molecule has 0 radical (unpaired) electrons. The van der Waals surface area contributed by atoms with E-state index in [0.29, 0.717) is 24.3 Å². The number of rotatable bonds is 1. The lowest BCUT2D eigenvalue weighted by atomic mass is 9.84. The maximum absolute atomic E-state index is 13.0. The Morgan fingerprint density at radius 2 is 1.81 bits per heavy atom. The Hall–Kier alpha value is -0.930. The van der Waals surface area contributed by atoms with Crippen LogP contribution in [0.25, 0.3) is 0 Å². The summed E-state index contributed by atoms with van der Waals surface area (Å²) in [6.07, 6.45) is 3.24. The molecular formula is C17H29N3O4S2. The van der Waals surface area contributed by atoms with Gasteiger partial charge in [-0.2, -0.15) is 0 Å². The molecule has 1 aliphatic heterocycles. The molecule has 148 valence electrons. The average Bonchev–Trinajstić information content (AvgIpc) is 3.02. The highest BCUT2D eigenvalue weighted by Gasteiger charge is 2.43. The third-order valence-electron chi connectivity index (χ3n) is 4.54. The van der Waals surface area contributed by atoms with Crippen molar-refractivity contribution in [2.75, 3.05) is 18.1 Å². The van der Waals surface area contributed by atoms with Crippen LogP contribution in [-0.2, 0) is 19.1 Å². The summed E-state index contributed by atoms with van der Waals surface area (Å²) in [6, 6.07) is -1.35. The normalized spacial score (nSPS) is 27.8. The zero-order chi connectivity index (χ0) is 19.4. The van der Waals surface area contributed by atoms with E-state index in [1.54, 1.807) is 20.8 Å². The van der Waals surface area contributed by atoms with Crippen LogP contribution in [0, 0.1) is 5.41 Å². The Bertz CT molecular complexity index is 545. The van der Waals surface area contributed by atoms with Crippen LogP contribution in [0.1, 0.15) is 46.5 Å². The molecule has 2 amide bonds. The van der Waals surface area contributed by atoms with Gasteiger partial charge in [0.2, 0.25) is 11.8 Å². The Morgan fingerprint density at radius 1 is 1.19 bits per heavy atom. The van der Waals surface area contributed by atoms with Gasteiger partial charge in [-0.3, -0.25) is 9.59 Å². The van der Waals surface area contributed by atoms with Crippen LogP contribution in [0.15, 0.2) is 0 Å². The van der Waals surface area contributed by atoms with Crippen molar-refractivity contribution < 1.29 is 19.1 Å². The summed E-state index contributed by atoms with van der Waals surface area (Å²) in [5.41, 5.74) is 4.63. The first-order valence-electron chi connectivity index (χ1n) is 8.94. The van der Waals surface area contributed by atoms with Crippen molar-refractivity contribution >= 4 is 39.4 Å². The van der Waals surface area contributed by atoms with Gasteiger partial charge in [0.05, 0.1) is 11.5 Å². The SMILES string of the molecule is CC(C)(C)OC(=O)[C@H]1CSSCC(N)C(=O)NCC2(CCCC2)C(=O)N1. The Kier molecular flexibility index (Phi) is 7.27. The topological polar surface area (TPSA) is 111 Å². The molecule has 2 atom stereocenters. The summed E-state index contributed by atoms with van der Waals surface area (Å²) >= 11 is 0. The monoisotopic (exact) mass is 403 g/mol. The van der Waals surface area contributed by atoms with E-state index in [1.165, 1.54) is 21.6 Å². The van der Waals surface area contributed by atoms with Gasteiger partial charge in [-0.15, -0.1) is 0 Å². The highest BCUT2D eigenvalue weighted by Crippen LogP contribution is 2.38. The van der Waals surface area contributed by atoms with Crippen LogP contribution < -0.4 is 16.4 Å². The number of hydrogen-bond acceptors (Lipinski definition) is 7. The third-order valence-corrected chi connectivity index (χ3v) is 6.99. The minimum absolute atomic E-state index is 0.189. The smallest absolute Gasteiger partial charge is 0.330 e. The molecule has 1 unspecified atom stereocenters. The molecule has 2 rings (SSSR count). The first kappa shape index (κ1) is 21.4. The maximum Gasteiger partial charge on any atom is 0.330 e. The van der Waals surface area contributed by atoms with E-state index in [9.17, 15) is 14.4 Å². The van der Waals surface area contributed by atoms with Gasteiger partial charge in [-0.25, -0.2) is 4.79 Å². The molecule has 9 heteroatoms. The van der Waals surface area contributed by atoms with Crippen molar-refractivity contribution in [2.24, 2.45) is 11.1 Å². The van der Waals surface area contributed by atoms with Crippen LogP contribution in [0.3, 0.4) is 0 Å². The van der Waals surface area contributed by atoms with Crippen LogP contribution in [0.5, 0.6) is 0 Å². The second-order valence-electron chi connectivity index (χ2n) is 7.94. The van der Waals surface area contributed by atoms with Gasteiger partial charge < -0.3 is 21.1 Å². The molecule has 1 heterocycles. The first-order chi connectivity index (χ1) is 12.1. The van der Waals surface area contributed by atoms with Crippen LogP contribution >= 0.6 is 21.6 Å². The number of nitrogens with two attached hydrogens (primary N) is 1. The molecule has 1 saturated carbocycles. The van der Waals surface area contributed by atoms with E-state index in [-0.39, 0.29) is 18.4 Å². The van der Waals surface area contributed by atoms with Crippen molar-refractivity contribution in [1.29, 1.82) is 0 Å². The van der Waals surface area contributed by atoms with Gasteiger partial charge >= 0.3 is 5.97 Å². The minimum atomic E-state index is -0.719. The molecule has 2 aliphatic rings.